The van der Waals surface area contributed by atoms with Gasteiger partial charge >= 0.3 is 5.97 Å². The molecule has 0 aromatic heterocycles. The summed E-state index contributed by atoms with van der Waals surface area (Å²) in [7, 11) is 1.55. The molecular weight excluding hydrogens is 260 g/mol. The largest absolute Gasteiger partial charge is 0.489 e. The van der Waals surface area contributed by atoms with Crippen molar-refractivity contribution in [3.63, 3.8) is 0 Å². The Kier molecular flexibility index (Phi) is 6.33. The lowest BCUT2D eigenvalue weighted by Crippen LogP contribution is -2.13. The molecule has 6 nitrogen and oxygen atoms in total. The highest BCUT2D eigenvalue weighted by molar-refractivity contribution is 5.99. The van der Waals surface area contributed by atoms with Crippen LogP contribution in [0.1, 0.15) is 29.3 Å². The summed E-state index contributed by atoms with van der Waals surface area (Å²) in [6.45, 7) is 2.86. The van der Waals surface area contributed by atoms with E-state index in [1.165, 1.54) is 6.07 Å². The van der Waals surface area contributed by atoms with E-state index in [1.54, 1.807) is 13.2 Å². The second-order valence-corrected chi connectivity index (χ2v) is 3.99. The van der Waals surface area contributed by atoms with Crippen LogP contribution >= 0.6 is 0 Å². The Bertz CT molecular complexity index is 509. The van der Waals surface area contributed by atoms with Gasteiger partial charge in [0.15, 0.2) is 0 Å². The Morgan fingerprint density at radius 3 is 2.70 bits per heavy atom. The predicted octanol–water partition coefficient (Wildman–Crippen LogP) is 1.73. The highest BCUT2D eigenvalue weighted by Gasteiger charge is 2.20. The minimum Gasteiger partial charge on any atom is -0.489 e. The smallest absolute Gasteiger partial charge is 0.341 e. The number of hydrogen-bond acceptors (Lipinski definition) is 6. The van der Waals surface area contributed by atoms with Crippen molar-refractivity contribution in [2.24, 2.45) is 0 Å². The summed E-state index contributed by atoms with van der Waals surface area (Å²) in [6, 6.07) is 4.97. The van der Waals surface area contributed by atoms with E-state index in [0.717, 1.165) is 0 Å². The van der Waals surface area contributed by atoms with Crippen molar-refractivity contribution in [2.75, 3.05) is 32.7 Å². The van der Waals surface area contributed by atoms with Crippen molar-refractivity contribution in [1.82, 2.24) is 0 Å². The van der Waals surface area contributed by atoms with Gasteiger partial charge in [-0.1, -0.05) is 6.92 Å². The molecular formula is C14H18N2O4. The topological polar surface area (TPSA) is 94.6 Å². The molecule has 0 bridgehead atoms. The first-order valence-corrected chi connectivity index (χ1v) is 6.27. The molecule has 0 aliphatic carbocycles. The van der Waals surface area contributed by atoms with Crippen molar-refractivity contribution in [2.45, 2.75) is 13.3 Å². The number of nitrogens with zero attached hydrogens (tertiary/aromatic N) is 1. The highest BCUT2D eigenvalue weighted by Crippen LogP contribution is 2.29. The maximum Gasteiger partial charge on any atom is 0.341 e. The summed E-state index contributed by atoms with van der Waals surface area (Å²) < 4.78 is 15.3. The molecule has 20 heavy (non-hydrogen) atoms. The summed E-state index contributed by atoms with van der Waals surface area (Å²) >= 11 is 0. The fraction of sp³-hybridized carbons (Fsp3) is 0.429. The maximum absolute atomic E-state index is 12.0. The Hall–Kier alpha value is -2.26. The van der Waals surface area contributed by atoms with Crippen molar-refractivity contribution < 1.29 is 19.0 Å². The molecule has 0 radical (unpaired) electrons. The third-order valence-electron chi connectivity index (χ3n) is 2.51. The average molecular weight is 278 g/mol. The van der Waals surface area contributed by atoms with Crippen LogP contribution in [0.15, 0.2) is 12.1 Å². The number of nitrogen functional groups attached to an aromatic ring is 1. The van der Waals surface area contributed by atoms with Gasteiger partial charge in [0.2, 0.25) is 0 Å². The molecule has 0 unspecified atom stereocenters. The van der Waals surface area contributed by atoms with E-state index in [0.29, 0.717) is 25.4 Å². The van der Waals surface area contributed by atoms with Gasteiger partial charge in [0.25, 0.3) is 0 Å². The zero-order valence-corrected chi connectivity index (χ0v) is 11.6. The molecule has 1 rings (SSSR count). The summed E-state index contributed by atoms with van der Waals surface area (Å²) in [5.41, 5.74) is 6.23. The number of rotatable bonds is 7. The van der Waals surface area contributed by atoms with Crippen molar-refractivity contribution in [3.8, 4) is 11.8 Å². The highest BCUT2D eigenvalue weighted by atomic mass is 16.5. The van der Waals surface area contributed by atoms with Crippen LogP contribution in [-0.4, -0.2) is 32.9 Å². The Morgan fingerprint density at radius 1 is 1.35 bits per heavy atom. The average Bonchev–Trinajstić information content (AvgIpc) is 2.46. The number of nitrogens with two attached hydrogens (primary N) is 1. The number of carbonyl (C=O) groups is 1. The van der Waals surface area contributed by atoms with Gasteiger partial charge in [-0.15, -0.1) is 0 Å². The number of anilines is 1. The number of benzene rings is 1. The monoisotopic (exact) mass is 278 g/mol. The normalized spacial score (nSPS) is 9.85. The van der Waals surface area contributed by atoms with E-state index >= 15 is 0 Å². The van der Waals surface area contributed by atoms with E-state index < -0.39 is 5.97 Å². The molecule has 0 atom stereocenters. The van der Waals surface area contributed by atoms with E-state index in [2.05, 4.69) is 0 Å². The molecule has 0 spiro atoms. The molecule has 0 aliphatic rings. The van der Waals surface area contributed by atoms with Crippen LogP contribution in [0.3, 0.4) is 0 Å². The molecule has 0 fully saturated rings. The van der Waals surface area contributed by atoms with Crippen LogP contribution < -0.4 is 10.5 Å². The molecule has 0 amide bonds. The molecule has 1 aromatic rings. The van der Waals surface area contributed by atoms with Crippen LogP contribution in [0.4, 0.5) is 5.69 Å². The zero-order valence-electron chi connectivity index (χ0n) is 11.6. The number of nitriles is 1. The molecule has 108 valence electrons. The first-order chi connectivity index (χ1) is 9.65. The number of esters is 1. The van der Waals surface area contributed by atoms with Crippen LogP contribution in [-0.2, 0) is 9.47 Å². The summed E-state index contributed by atoms with van der Waals surface area (Å²) in [4.78, 5) is 12.0. The van der Waals surface area contributed by atoms with E-state index in [9.17, 15) is 4.79 Å². The Balaban J connectivity index is 3.03. The fourth-order valence-corrected chi connectivity index (χ4v) is 1.54. The minimum absolute atomic E-state index is 0.0517. The van der Waals surface area contributed by atoms with Crippen molar-refractivity contribution >= 4 is 11.7 Å². The maximum atomic E-state index is 12.0. The van der Waals surface area contributed by atoms with Crippen LogP contribution in [0.2, 0.25) is 0 Å². The Labute approximate surface area is 118 Å². The lowest BCUT2D eigenvalue weighted by Gasteiger charge is -2.13. The van der Waals surface area contributed by atoms with Gasteiger partial charge in [-0.05, 0) is 18.6 Å². The quantitative estimate of drug-likeness (QED) is 0.463. The third kappa shape index (κ3) is 3.87. The second-order valence-electron chi connectivity index (χ2n) is 3.99. The lowest BCUT2D eigenvalue weighted by molar-refractivity contribution is 0.0505. The molecule has 0 heterocycles. The van der Waals surface area contributed by atoms with Crippen LogP contribution in [0.25, 0.3) is 0 Å². The van der Waals surface area contributed by atoms with Gasteiger partial charge < -0.3 is 19.9 Å². The minimum atomic E-state index is -0.613. The van der Waals surface area contributed by atoms with Gasteiger partial charge in [0, 0.05) is 7.11 Å². The third-order valence-corrected chi connectivity index (χ3v) is 2.51. The van der Waals surface area contributed by atoms with Gasteiger partial charge in [0.05, 0.1) is 24.5 Å². The first-order valence-electron chi connectivity index (χ1n) is 6.27. The van der Waals surface area contributed by atoms with Crippen molar-refractivity contribution in [3.05, 3.63) is 23.3 Å². The zero-order chi connectivity index (χ0) is 15.0. The summed E-state index contributed by atoms with van der Waals surface area (Å²) in [6.07, 6.45) is 0.692. The van der Waals surface area contributed by atoms with Gasteiger partial charge in [-0.2, -0.15) is 5.26 Å². The number of ether oxygens (including phenoxy) is 3. The van der Waals surface area contributed by atoms with Gasteiger partial charge in [-0.25, -0.2) is 4.79 Å². The fourth-order valence-electron chi connectivity index (χ4n) is 1.54. The first kappa shape index (κ1) is 15.8. The van der Waals surface area contributed by atoms with Gasteiger partial charge in [-0.3, -0.25) is 0 Å². The van der Waals surface area contributed by atoms with E-state index in [4.69, 9.17) is 25.2 Å². The van der Waals surface area contributed by atoms with E-state index in [-0.39, 0.29) is 23.4 Å². The number of methoxy groups -OCH3 is 1. The molecule has 0 aliphatic heterocycles. The molecule has 0 saturated carbocycles. The van der Waals surface area contributed by atoms with Crippen molar-refractivity contribution in [1.29, 1.82) is 5.26 Å². The van der Waals surface area contributed by atoms with Crippen LogP contribution in [0, 0.1) is 11.3 Å². The molecule has 0 saturated heterocycles. The molecule has 2 N–H and O–H groups in total. The standard InChI is InChI=1S/C14H18N2O4/c1-3-6-20-14(17)12-10(9-15)4-5-11(13(12)16)19-8-7-18-2/h4-5H,3,6-8,16H2,1-2H3. The molecule has 6 heteroatoms. The predicted molar refractivity (Wildman–Crippen MR) is 73.5 cm³/mol. The lowest BCUT2D eigenvalue weighted by atomic mass is 10.1. The SMILES string of the molecule is CCCOC(=O)c1c(C#N)ccc(OCCOC)c1N. The summed E-state index contributed by atoms with van der Waals surface area (Å²) in [5.74, 6) is -0.275. The second kappa shape index (κ2) is 8.02. The summed E-state index contributed by atoms with van der Waals surface area (Å²) in [5, 5.41) is 9.05. The van der Waals surface area contributed by atoms with Gasteiger partial charge in [0.1, 0.15) is 24.0 Å². The van der Waals surface area contributed by atoms with E-state index in [1.807, 2.05) is 13.0 Å². The van der Waals surface area contributed by atoms with Crippen LogP contribution in [0.5, 0.6) is 5.75 Å². The Morgan fingerprint density at radius 2 is 2.10 bits per heavy atom. The number of hydrogen-bond donors (Lipinski definition) is 1. The number of carbonyl (C=O) groups excluding carboxylic acids is 1. The molecule has 1 aromatic carbocycles.